The molecule has 0 saturated carbocycles. The molecule has 0 aliphatic carbocycles. The first-order valence-electron chi connectivity index (χ1n) is 5.41. The fourth-order valence-corrected chi connectivity index (χ4v) is 1.51. The van der Waals surface area contributed by atoms with Crippen molar-refractivity contribution in [2.45, 2.75) is 32.7 Å². The molecule has 0 aliphatic heterocycles. The summed E-state index contributed by atoms with van der Waals surface area (Å²) in [5.41, 5.74) is 2.88. The molecule has 5 heteroatoms. The number of carbonyl (C=O) groups is 1. The minimum absolute atomic E-state index is 0.151. The quantitative estimate of drug-likeness (QED) is 0.518. The monoisotopic (exact) mass is 222 g/mol. The molecule has 1 aromatic rings. The van der Waals surface area contributed by atoms with E-state index in [1.54, 1.807) is 18.3 Å². The number of aromatic nitrogens is 1. The van der Waals surface area contributed by atoms with E-state index in [9.17, 15) is 4.79 Å². The number of anilines is 1. The number of nitrogen functional groups attached to an aromatic ring is 1. The smallest absolute Gasteiger partial charge is 0.255 e. The van der Waals surface area contributed by atoms with Gasteiger partial charge in [-0.2, -0.15) is 0 Å². The fourth-order valence-electron chi connectivity index (χ4n) is 1.51. The van der Waals surface area contributed by atoms with Crippen LogP contribution in [0.3, 0.4) is 0 Å². The lowest BCUT2D eigenvalue weighted by atomic mass is 10.1. The summed E-state index contributed by atoms with van der Waals surface area (Å²) < 4.78 is 0. The van der Waals surface area contributed by atoms with Gasteiger partial charge in [0, 0.05) is 12.2 Å². The van der Waals surface area contributed by atoms with Crippen LogP contribution in [0.25, 0.3) is 0 Å². The van der Waals surface area contributed by atoms with Crippen molar-refractivity contribution in [2.75, 3.05) is 5.43 Å². The van der Waals surface area contributed by atoms with Gasteiger partial charge in [-0.25, -0.2) is 10.8 Å². The zero-order chi connectivity index (χ0) is 12.0. The van der Waals surface area contributed by atoms with E-state index in [2.05, 4.69) is 22.7 Å². The number of hydrogen-bond donors (Lipinski definition) is 3. The Hall–Kier alpha value is -1.62. The molecule has 0 radical (unpaired) electrons. The van der Waals surface area contributed by atoms with Crippen molar-refractivity contribution >= 4 is 11.7 Å². The molecule has 0 saturated heterocycles. The van der Waals surface area contributed by atoms with Crippen LogP contribution in [0.4, 0.5) is 5.82 Å². The molecule has 1 heterocycles. The number of rotatable bonds is 5. The van der Waals surface area contributed by atoms with Crippen LogP contribution in [0.5, 0.6) is 0 Å². The van der Waals surface area contributed by atoms with Gasteiger partial charge in [-0.15, -0.1) is 0 Å². The molecule has 16 heavy (non-hydrogen) atoms. The van der Waals surface area contributed by atoms with E-state index >= 15 is 0 Å². The number of nitrogens with two attached hydrogens (primary N) is 1. The highest BCUT2D eigenvalue weighted by Crippen LogP contribution is 2.10. The predicted octanol–water partition coefficient (Wildman–Crippen LogP) is 1.29. The van der Waals surface area contributed by atoms with Gasteiger partial charge in [0.05, 0.1) is 5.56 Å². The molecule has 1 aromatic heterocycles. The zero-order valence-electron chi connectivity index (χ0n) is 9.66. The van der Waals surface area contributed by atoms with Crippen molar-refractivity contribution in [3.63, 3.8) is 0 Å². The molecular weight excluding hydrogens is 204 g/mol. The van der Waals surface area contributed by atoms with Crippen LogP contribution in [-0.4, -0.2) is 16.9 Å². The fraction of sp³-hybridized carbons (Fsp3) is 0.455. The van der Waals surface area contributed by atoms with E-state index < -0.39 is 0 Å². The number of hydrazine groups is 1. The summed E-state index contributed by atoms with van der Waals surface area (Å²) in [6.45, 7) is 4.06. The number of carbonyl (C=O) groups excluding carboxylic acids is 1. The third-order valence-electron chi connectivity index (χ3n) is 2.29. The van der Waals surface area contributed by atoms with Crippen molar-refractivity contribution in [3.05, 3.63) is 23.9 Å². The summed E-state index contributed by atoms with van der Waals surface area (Å²) in [7, 11) is 0. The SMILES string of the molecule is CCCC(C)NC(=O)c1cccnc1NN. The molecule has 1 atom stereocenters. The maximum absolute atomic E-state index is 11.9. The lowest BCUT2D eigenvalue weighted by molar-refractivity contribution is 0.0939. The third kappa shape index (κ3) is 3.20. The first kappa shape index (κ1) is 12.4. The molecule has 0 bridgehead atoms. The van der Waals surface area contributed by atoms with E-state index in [1.165, 1.54) is 0 Å². The highest BCUT2D eigenvalue weighted by molar-refractivity contribution is 5.98. The summed E-state index contributed by atoms with van der Waals surface area (Å²) in [5.74, 6) is 5.53. The number of amides is 1. The molecule has 0 aliphatic rings. The van der Waals surface area contributed by atoms with Gasteiger partial charge in [0.1, 0.15) is 0 Å². The molecule has 5 nitrogen and oxygen atoms in total. The normalized spacial score (nSPS) is 11.9. The minimum Gasteiger partial charge on any atom is -0.349 e. The number of hydrogen-bond acceptors (Lipinski definition) is 4. The topological polar surface area (TPSA) is 80.0 Å². The van der Waals surface area contributed by atoms with Gasteiger partial charge in [-0.05, 0) is 25.5 Å². The summed E-state index contributed by atoms with van der Waals surface area (Å²) >= 11 is 0. The van der Waals surface area contributed by atoms with E-state index in [-0.39, 0.29) is 11.9 Å². The van der Waals surface area contributed by atoms with Crippen LogP contribution in [0.15, 0.2) is 18.3 Å². The van der Waals surface area contributed by atoms with Crippen LogP contribution in [-0.2, 0) is 0 Å². The average Bonchev–Trinajstić information content (AvgIpc) is 2.29. The van der Waals surface area contributed by atoms with Crippen molar-refractivity contribution in [2.24, 2.45) is 5.84 Å². The Morgan fingerprint density at radius 3 is 3.00 bits per heavy atom. The molecule has 4 N–H and O–H groups in total. The van der Waals surface area contributed by atoms with Gasteiger partial charge >= 0.3 is 0 Å². The molecular formula is C11H18N4O. The second kappa shape index (κ2) is 6.07. The second-order valence-corrected chi connectivity index (χ2v) is 3.71. The lowest BCUT2D eigenvalue weighted by Crippen LogP contribution is -2.33. The Morgan fingerprint density at radius 2 is 2.38 bits per heavy atom. The lowest BCUT2D eigenvalue weighted by Gasteiger charge is -2.13. The zero-order valence-corrected chi connectivity index (χ0v) is 9.66. The average molecular weight is 222 g/mol. The predicted molar refractivity (Wildman–Crippen MR) is 63.9 cm³/mol. The standard InChI is InChI=1S/C11H18N4O/c1-3-5-8(2)14-11(16)9-6-4-7-13-10(9)15-12/h4,6-8H,3,5,12H2,1-2H3,(H,13,15)(H,14,16). The van der Waals surface area contributed by atoms with Crippen molar-refractivity contribution in [1.29, 1.82) is 0 Å². The Kier molecular flexibility index (Phi) is 4.72. The van der Waals surface area contributed by atoms with Crippen LogP contribution in [0.1, 0.15) is 37.0 Å². The summed E-state index contributed by atoms with van der Waals surface area (Å²) in [4.78, 5) is 15.8. The van der Waals surface area contributed by atoms with Crippen molar-refractivity contribution in [3.8, 4) is 0 Å². The van der Waals surface area contributed by atoms with E-state index in [0.29, 0.717) is 11.4 Å². The molecule has 0 aromatic carbocycles. The van der Waals surface area contributed by atoms with Gasteiger partial charge in [-0.1, -0.05) is 13.3 Å². The summed E-state index contributed by atoms with van der Waals surface area (Å²) in [6.07, 6.45) is 3.58. The van der Waals surface area contributed by atoms with Crippen LogP contribution in [0.2, 0.25) is 0 Å². The largest absolute Gasteiger partial charge is 0.349 e. The van der Waals surface area contributed by atoms with Gasteiger partial charge in [0.2, 0.25) is 0 Å². The van der Waals surface area contributed by atoms with Gasteiger partial charge in [0.15, 0.2) is 5.82 Å². The number of pyridine rings is 1. The Balaban J connectivity index is 2.72. The molecule has 1 amide bonds. The highest BCUT2D eigenvalue weighted by Gasteiger charge is 2.13. The van der Waals surface area contributed by atoms with Gasteiger partial charge in [0.25, 0.3) is 5.91 Å². The maximum atomic E-state index is 11.9. The minimum atomic E-state index is -0.151. The molecule has 0 spiro atoms. The first-order valence-corrected chi connectivity index (χ1v) is 5.41. The maximum Gasteiger partial charge on any atom is 0.255 e. The molecule has 1 rings (SSSR count). The van der Waals surface area contributed by atoms with Gasteiger partial charge in [-0.3, -0.25) is 4.79 Å². The Bertz CT molecular complexity index is 354. The Morgan fingerprint density at radius 1 is 1.62 bits per heavy atom. The van der Waals surface area contributed by atoms with E-state index in [4.69, 9.17) is 5.84 Å². The molecule has 88 valence electrons. The first-order chi connectivity index (χ1) is 7.69. The summed E-state index contributed by atoms with van der Waals surface area (Å²) in [6, 6.07) is 3.56. The van der Waals surface area contributed by atoms with E-state index in [0.717, 1.165) is 12.8 Å². The van der Waals surface area contributed by atoms with Gasteiger partial charge < -0.3 is 10.7 Å². The van der Waals surface area contributed by atoms with E-state index in [1.807, 2.05) is 6.92 Å². The number of nitrogens with one attached hydrogen (secondary N) is 2. The summed E-state index contributed by atoms with van der Waals surface area (Å²) in [5, 5.41) is 2.90. The molecule has 0 fully saturated rings. The van der Waals surface area contributed by atoms with Crippen LogP contribution >= 0.6 is 0 Å². The van der Waals surface area contributed by atoms with Crippen LogP contribution < -0.4 is 16.6 Å². The Labute approximate surface area is 95.4 Å². The van der Waals surface area contributed by atoms with Crippen LogP contribution in [0, 0.1) is 0 Å². The van der Waals surface area contributed by atoms with Crippen molar-refractivity contribution in [1.82, 2.24) is 10.3 Å². The second-order valence-electron chi connectivity index (χ2n) is 3.71. The molecule has 1 unspecified atom stereocenters. The third-order valence-corrected chi connectivity index (χ3v) is 2.29. The number of nitrogens with zero attached hydrogens (tertiary/aromatic N) is 1. The highest BCUT2D eigenvalue weighted by atomic mass is 16.1. The van der Waals surface area contributed by atoms with Crippen molar-refractivity contribution < 1.29 is 4.79 Å².